The Morgan fingerprint density at radius 1 is 1.18 bits per heavy atom. The number of allylic oxidation sites excluding steroid dienone is 1. The number of likely N-dealkylation sites (tertiary alicyclic amines) is 1. The summed E-state index contributed by atoms with van der Waals surface area (Å²) in [5, 5.41) is 0. The van der Waals surface area contributed by atoms with Gasteiger partial charge in [-0.1, -0.05) is 41.5 Å². The van der Waals surface area contributed by atoms with Crippen LogP contribution in [0, 0.1) is 0 Å². The lowest BCUT2D eigenvalue weighted by molar-refractivity contribution is 0.0139. The Hall–Kier alpha value is -1.77. The number of hydrogen-bond donors (Lipinski definition) is 0. The lowest BCUT2D eigenvalue weighted by Gasteiger charge is -2.38. The molecule has 0 saturated carbocycles. The van der Waals surface area contributed by atoms with Crippen molar-refractivity contribution in [1.82, 2.24) is 4.90 Å². The van der Waals surface area contributed by atoms with Crippen LogP contribution in [-0.2, 0) is 4.74 Å². The van der Waals surface area contributed by atoms with Gasteiger partial charge >= 0.3 is 6.09 Å². The fourth-order valence-electron chi connectivity index (χ4n) is 2.80. The standard InChI is InChI=1S/C19H27NO2/c1-14(2)16-11-12-17(15-9-7-6-8-10-15)20(13-16)18(21)22-19(3,4)5/h6-10,17H,11-13H2,1-5H3. The summed E-state index contributed by atoms with van der Waals surface area (Å²) in [4.78, 5) is 14.5. The second-order valence-electron chi connectivity index (χ2n) is 7.18. The van der Waals surface area contributed by atoms with Gasteiger partial charge in [0.2, 0.25) is 0 Å². The third-order valence-corrected chi connectivity index (χ3v) is 3.98. The Kier molecular flexibility index (Phi) is 4.94. The first-order valence-corrected chi connectivity index (χ1v) is 7.98. The Bertz CT molecular complexity index is 551. The number of carbonyl (C=O) groups is 1. The molecular formula is C19H27NO2. The molecule has 0 radical (unpaired) electrons. The number of hydrogen-bond acceptors (Lipinski definition) is 2. The summed E-state index contributed by atoms with van der Waals surface area (Å²) < 4.78 is 5.62. The lowest BCUT2D eigenvalue weighted by atomic mass is 9.91. The maximum absolute atomic E-state index is 12.6. The van der Waals surface area contributed by atoms with Gasteiger partial charge in [0.15, 0.2) is 0 Å². The summed E-state index contributed by atoms with van der Waals surface area (Å²) in [7, 11) is 0. The SMILES string of the molecule is CC(C)=C1CCC(c2ccccc2)N(C(=O)OC(C)(C)C)C1. The quantitative estimate of drug-likeness (QED) is 0.676. The van der Waals surface area contributed by atoms with Crippen molar-refractivity contribution in [2.24, 2.45) is 0 Å². The largest absolute Gasteiger partial charge is 0.444 e. The van der Waals surface area contributed by atoms with Crippen LogP contribution in [0.15, 0.2) is 41.5 Å². The van der Waals surface area contributed by atoms with Crippen LogP contribution in [0.5, 0.6) is 0 Å². The highest BCUT2D eigenvalue weighted by Gasteiger charge is 2.33. The molecular weight excluding hydrogens is 274 g/mol. The molecule has 1 fully saturated rings. The Morgan fingerprint density at radius 2 is 1.82 bits per heavy atom. The van der Waals surface area contributed by atoms with Gasteiger partial charge in [-0.15, -0.1) is 0 Å². The normalized spacial score (nSPS) is 19.0. The van der Waals surface area contributed by atoms with E-state index in [0.29, 0.717) is 6.54 Å². The molecule has 1 saturated heterocycles. The molecule has 0 aliphatic carbocycles. The highest BCUT2D eigenvalue weighted by atomic mass is 16.6. The van der Waals surface area contributed by atoms with Gasteiger partial charge in [-0.2, -0.15) is 0 Å². The second-order valence-corrected chi connectivity index (χ2v) is 7.18. The number of carbonyl (C=O) groups excluding carboxylic acids is 1. The minimum Gasteiger partial charge on any atom is -0.444 e. The second kappa shape index (κ2) is 6.55. The zero-order valence-corrected chi connectivity index (χ0v) is 14.3. The van der Waals surface area contributed by atoms with Crippen LogP contribution in [0.4, 0.5) is 4.79 Å². The van der Waals surface area contributed by atoms with E-state index in [1.807, 2.05) is 43.9 Å². The van der Waals surface area contributed by atoms with E-state index >= 15 is 0 Å². The summed E-state index contributed by atoms with van der Waals surface area (Å²) in [6.07, 6.45) is 1.77. The first-order chi connectivity index (χ1) is 10.3. The summed E-state index contributed by atoms with van der Waals surface area (Å²) in [5.41, 5.74) is 3.36. The zero-order valence-electron chi connectivity index (χ0n) is 14.3. The van der Waals surface area contributed by atoms with Crippen LogP contribution in [0.3, 0.4) is 0 Å². The lowest BCUT2D eigenvalue weighted by Crippen LogP contribution is -2.42. The molecule has 0 N–H and O–H groups in total. The maximum atomic E-state index is 12.6. The molecule has 1 atom stereocenters. The smallest absolute Gasteiger partial charge is 0.411 e. The van der Waals surface area contributed by atoms with E-state index in [2.05, 4.69) is 26.0 Å². The van der Waals surface area contributed by atoms with E-state index in [-0.39, 0.29) is 12.1 Å². The molecule has 2 rings (SSSR count). The molecule has 1 amide bonds. The van der Waals surface area contributed by atoms with E-state index in [1.165, 1.54) is 16.7 Å². The van der Waals surface area contributed by atoms with Crippen molar-refractivity contribution in [3.05, 3.63) is 47.0 Å². The molecule has 120 valence electrons. The third kappa shape index (κ3) is 4.12. The highest BCUT2D eigenvalue weighted by Crippen LogP contribution is 2.35. The molecule has 1 aromatic carbocycles. The van der Waals surface area contributed by atoms with Crippen molar-refractivity contribution in [3.63, 3.8) is 0 Å². The average Bonchev–Trinajstić information content (AvgIpc) is 2.45. The Balaban J connectivity index is 2.28. The van der Waals surface area contributed by atoms with Crippen molar-refractivity contribution in [3.8, 4) is 0 Å². The fraction of sp³-hybridized carbons (Fsp3) is 0.526. The number of ether oxygens (including phenoxy) is 1. The van der Waals surface area contributed by atoms with Gasteiger partial charge < -0.3 is 4.74 Å². The number of amides is 1. The number of nitrogens with zero attached hydrogens (tertiary/aromatic N) is 1. The summed E-state index contributed by atoms with van der Waals surface area (Å²) >= 11 is 0. The van der Waals surface area contributed by atoms with Crippen molar-refractivity contribution in [2.75, 3.05) is 6.54 Å². The Labute approximate surface area is 134 Å². The molecule has 1 aliphatic heterocycles. The van der Waals surface area contributed by atoms with Crippen LogP contribution < -0.4 is 0 Å². The fourth-order valence-corrected chi connectivity index (χ4v) is 2.80. The minimum absolute atomic E-state index is 0.0964. The summed E-state index contributed by atoms with van der Waals surface area (Å²) in [5.74, 6) is 0. The molecule has 3 heteroatoms. The first-order valence-electron chi connectivity index (χ1n) is 7.98. The highest BCUT2D eigenvalue weighted by molar-refractivity contribution is 5.69. The Morgan fingerprint density at radius 3 is 2.36 bits per heavy atom. The predicted molar refractivity (Wildman–Crippen MR) is 89.7 cm³/mol. The monoisotopic (exact) mass is 301 g/mol. The molecule has 1 unspecified atom stereocenters. The van der Waals surface area contributed by atoms with Gasteiger partial charge in [-0.3, -0.25) is 4.90 Å². The molecule has 0 aromatic heterocycles. The van der Waals surface area contributed by atoms with Gasteiger partial charge in [0, 0.05) is 6.54 Å². The van der Waals surface area contributed by atoms with Crippen molar-refractivity contribution in [2.45, 2.75) is 59.1 Å². The van der Waals surface area contributed by atoms with E-state index in [4.69, 9.17) is 4.74 Å². The third-order valence-electron chi connectivity index (χ3n) is 3.98. The number of benzene rings is 1. The topological polar surface area (TPSA) is 29.5 Å². The maximum Gasteiger partial charge on any atom is 0.411 e. The van der Waals surface area contributed by atoms with Gasteiger partial charge in [-0.25, -0.2) is 4.79 Å². The molecule has 0 bridgehead atoms. The summed E-state index contributed by atoms with van der Waals surface area (Å²) in [6.45, 7) is 10.6. The van der Waals surface area contributed by atoms with E-state index < -0.39 is 5.60 Å². The van der Waals surface area contributed by atoms with Crippen LogP contribution in [0.25, 0.3) is 0 Å². The van der Waals surface area contributed by atoms with E-state index in [0.717, 1.165) is 12.8 Å². The minimum atomic E-state index is -0.471. The molecule has 1 heterocycles. The molecule has 1 aromatic rings. The predicted octanol–water partition coefficient (Wildman–Crippen LogP) is 5.10. The van der Waals surface area contributed by atoms with Crippen LogP contribution in [0.2, 0.25) is 0 Å². The van der Waals surface area contributed by atoms with Crippen LogP contribution in [0.1, 0.15) is 59.1 Å². The van der Waals surface area contributed by atoms with E-state index in [1.54, 1.807) is 0 Å². The van der Waals surface area contributed by atoms with Crippen LogP contribution in [-0.4, -0.2) is 23.1 Å². The first kappa shape index (κ1) is 16.6. The van der Waals surface area contributed by atoms with E-state index in [9.17, 15) is 4.79 Å². The molecule has 22 heavy (non-hydrogen) atoms. The van der Waals surface area contributed by atoms with Gasteiger partial charge in [-0.05, 0) is 53.0 Å². The van der Waals surface area contributed by atoms with Gasteiger partial charge in [0.25, 0.3) is 0 Å². The van der Waals surface area contributed by atoms with Gasteiger partial charge in [0.1, 0.15) is 5.60 Å². The molecule has 3 nitrogen and oxygen atoms in total. The number of piperidine rings is 1. The summed E-state index contributed by atoms with van der Waals surface area (Å²) in [6, 6.07) is 10.3. The molecule has 0 spiro atoms. The average molecular weight is 301 g/mol. The van der Waals surface area contributed by atoms with Crippen molar-refractivity contribution < 1.29 is 9.53 Å². The van der Waals surface area contributed by atoms with Gasteiger partial charge in [0.05, 0.1) is 6.04 Å². The van der Waals surface area contributed by atoms with Crippen molar-refractivity contribution in [1.29, 1.82) is 0 Å². The van der Waals surface area contributed by atoms with Crippen LogP contribution >= 0.6 is 0 Å². The zero-order chi connectivity index (χ0) is 16.3. The number of rotatable bonds is 1. The molecule has 1 aliphatic rings. The van der Waals surface area contributed by atoms with Crippen molar-refractivity contribution >= 4 is 6.09 Å².